The number of nitrogens with zero attached hydrogens (tertiary/aromatic N) is 1. The Bertz CT molecular complexity index is 812. The quantitative estimate of drug-likeness (QED) is 0.700. The molecule has 4 atom stereocenters. The van der Waals surface area contributed by atoms with E-state index in [1.165, 1.54) is 23.6 Å². The molecule has 0 aromatic heterocycles. The molecule has 0 aromatic rings. The fourth-order valence-electron chi connectivity index (χ4n) is 5.98. The van der Waals surface area contributed by atoms with Crippen LogP contribution in [0.2, 0.25) is 0 Å². The molecule has 1 fully saturated rings. The van der Waals surface area contributed by atoms with E-state index in [0.29, 0.717) is 18.3 Å². The Morgan fingerprint density at radius 1 is 1.35 bits per heavy atom. The SMILES string of the molecule is CC(=O)O[C@@]1(CC#N)CC[C@H]2[C@@H]3CCC4=CC(=O)CCC4=C3C=C[C@@]21C. The minimum absolute atomic E-state index is 0.238. The molecule has 0 aromatic carbocycles. The van der Waals surface area contributed by atoms with Gasteiger partial charge in [-0.2, -0.15) is 5.26 Å². The highest BCUT2D eigenvalue weighted by molar-refractivity contribution is 5.93. The Labute approximate surface area is 154 Å². The number of esters is 1. The maximum absolute atomic E-state index is 11.8. The molecule has 4 heteroatoms. The molecule has 136 valence electrons. The van der Waals surface area contributed by atoms with E-state index >= 15 is 0 Å². The first-order chi connectivity index (χ1) is 12.4. The van der Waals surface area contributed by atoms with Crippen LogP contribution in [0.25, 0.3) is 0 Å². The van der Waals surface area contributed by atoms with Crippen LogP contribution in [0, 0.1) is 28.6 Å². The van der Waals surface area contributed by atoms with Gasteiger partial charge in [0.25, 0.3) is 0 Å². The van der Waals surface area contributed by atoms with Gasteiger partial charge in [-0.3, -0.25) is 9.59 Å². The van der Waals surface area contributed by atoms with E-state index in [0.717, 1.165) is 32.1 Å². The Hall–Kier alpha value is -2.15. The molecule has 1 saturated carbocycles. The molecule has 0 bridgehead atoms. The minimum atomic E-state index is -0.719. The zero-order chi connectivity index (χ0) is 18.5. The molecule has 0 amide bonds. The first-order valence-corrected chi connectivity index (χ1v) is 9.63. The summed E-state index contributed by atoms with van der Waals surface area (Å²) in [6.45, 7) is 3.60. The van der Waals surface area contributed by atoms with Crippen LogP contribution < -0.4 is 0 Å². The highest BCUT2D eigenvalue weighted by atomic mass is 16.6. The Balaban J connectivity index is 1.79. The summed E-state index contributed by atoms with van der Waals surface area (Å²) in [5.41, 5.74) is 2.94. The average molecular weight is 351 g/mol. The molecule has 0 aliphatic heterocycles. The van der Waals surface area contributed by atoms with Gasteiger partial charge in [0, 0.05) is 18.8 Å². The number of hydrogen-bond donors (Lipinski definition) is 0. The number of allylic oxidation sites excluding steroid dienone is 5. The van der Waals surface area contributed by atoms with Crippen molar-refractivity contribution in [1.29, 1.82) is 5.26 Å². The van der Waals surface area contributed by atoms with Gasteiger partial charge in [-0.25, -0.2) is 0 Å². The Morgan fingerprint density at radius 2 is 2.15 bits per heavy atom. The molecule has 0 radical (unpaired) electrons. The van der Waals surface area contributed by atoms with E-state index in [9.17, 15) is 14.9 Å². The third-order valence-corrected chi connectivity index (χ3v) is 7.23. The number of carbonyl (C=O) groups excluding carboxylic acids is 2. The smallest absolute Gasteiger partial charge is 0.303 e. The van der Waals surface area contributed by atoms with Gasteiger partial charge in [0.15, 0.2) is 5.78 Å². The van der Waals surface area contributed by atoms with Crippen LogP contribution in [-0.2, 0) is 14.3 Å². The summed E-state index contributed by atoms with van der Waals surface area (Å²) in [5, 5.41) is 9.41. The normalized spacial score (nSPS) is 38.0. The van der Waals surface area contributed by atoms with E-state index in [-0.39, 0.29) is 23.6 Å². The molecule has 4 rings (SSSR count). The van der Waals surface area contributed by atoms with Crippen molar-refractivity contribution in [3.63, 3.8) is 0 Å². The molecule has 0 heterocycles. The van der Waals surface area contributed by atoms with E-state index in [1.54, 1.807) is 0 Å². The molecule has 0 unspecified atom stereocenters. The predicted octanol–water partition coefficient (Wildman–Crippen LogP) is 4.18. The molecule has 4 aliphatic rings. The number of carbonyl (C=O) groups is 2. The fraction of sp³-hybridized carbons (Fsp3) is 0.591. The van der Waals surface area contributed by atoms with Crippen LogP contribution in [0.5, 0.6) is 0 Å². The monoisotopic (exact) mass is 351 g/mol. The van der Waals surface area contributed by atoms with Crippen molar-refractivity contribution < 1.29 is 14.3 Å². The van der Waals surface area contributed by atoms with Crippen molar-refractivity contribution in [2.45, 2.75) is 64.4 Å². The standard InChI is InChI=1S/C22H25NO3/c1-14(24)26-22(11-12-23)10-8-20-19-5-3-15-13-16(25)4-6-17(15)18(19)7-9-21(20,22)2/h7,9,13,19-20H,3-6,8,10-11H2,1-2H3/t19-,20+,21+,22-/m1/s1. The highest BCUT2D eigenvalue weighted by Crippen LogP contribution is 2.63. The summed E-state index contributed by atoms with van der Waals surface area (Å²) in [6, 6.07) is 2.27. The van der Waals surface area contributed by atoms with Crippen LogP contribution in [-0.4, -0.2) is 17.4 Å². The summed E-state index contributed by atoms with van der Waals surface area (Å²) >= 11 is 0. The summed E-state index contributed by atoms with van der Waals surface area (Å²) in [7, 11) is 0. The van der Waals surface area contributed by atoms with E-state index in [2.05, 4.69) is 25.1 Å². The van der Waals surface area contributed by atoms with E-state index in [4.69, 9.17) is 4.74 Å². The summed E-state index contributed by atoms with van der Waals surface area (Å²) < 4.78 is 5.83. The molecule has 0 N–H and O–H groups in total. The van der Waals surface area contributed by atoms with Gasteiger partial charge >= 0.3 is 5.97 Å². The summed E-state index contributed by atoms with van der Waals surface area (Å²) in [4.78, 5) is 23.6. The second-order valence-corrected chi connectivity index (χ2v) is 8.40. The second kappa shape index (κ2) is 5.94. The van der Waals surface area contributed by atoms with Crippen molar-refractivity contribution >= 4 is 11.8 Å². The van der Waals surface area contributed by atoms with Crippen molar-refractivity contribution in [3.05, 3.63) is 34.9 Å². The number of ketones is 1. The van der Waals surface area contributed by atoms with Crippen LogP contribution in [0.15, 0.2) is 34.9 Å². The molecule has 26 heavy (non-hydrogen) atoms. The van der Waals surface area contributed by atoms with Gasteiger partial charge in [-0.1, -0.05) is 19.1 Å². The molecule has 4 nitrogen and oxygen atoms in total. The number of ether oxygens (including phenoxy) is 1. The van der Waals surface area contributed by atoms with Gasteiger partial charge < -0.3 is 4.74 Å². The fourth-order valence-corrected chi connectivity index (χ4v) is 5.98. The zero-order valence-corrected chi connectivity index (χ0v) is 15.5. The van der Waals surface area contributed by atoms with E-state index in [1.807, 2.05) is 6.08 Å². The van der Waals surface area contributed by atoms with Crippen LogP contribution in [0.4, 0.5) is 0 Å². The molecular formula is C22H25NO3. The predicted molar refractivity (Wildman–Crippen MR) is 96.8 cm³/mol. The minimum Gasteiger partial charge on any atom is -0.457 e. The highest BCUT2D eigenvalue weighted by Gasteiger charge is 2.61. The van der Waals surface area contributed by atoms with Gasteiger partial charge in [-0.05, 0) is 66.7 Å². The Kier molecular flexibility index (Phi) is 3.95. The lowest BCUT2D eigenvalue weighted by Gasteiger charge is -2.49. The lowest BCUT2D eigenvalue weighted by atomic mass is 9.58. The first-order valence-electron chi connectivity index (χ1n) is 9.63. The number of rotatable bonds is 2. The van der Waals surface area contributed by atoms with Gasteiger partial charge in [0.1, 0.15) is 5.60 Å². The van der Waals surface area contributed by atoms with Crippen molar-refractivity contribution in [2.75, 3.05) is 0 Å². The van der Waals surface area contributed by atoms with Gasteiger partial charge in [-0.15, -0.1) is 0 Å². The van der Waals surface area contributed by atoms with Gasteiger partial charge in [0.05, 0.1) is 12.5 Å². The van der Waals surface area contributed by atoms with Crippen LogP contribution >= 0.6 is 0 Å². The third kappa shape index (κ3) is 2.33. The molecular weight excluding hydrogens is 326 g/mol. The maximum atomic E-state index is 11.8. The lowest BCUT2D eigenvalue weighted by Crippen LogP contribution is -2.50. The van der Waals surface area contributed by atoms with Crippen molar-refractivity contribution in [3.8, 4) is 6.07 Å². The summed E-state index contributed by atoms with van der Waals surface area (Å²) in [5.74, 6) is 0.749. The largest absolute Gasteiger partial charge is 0.457 e. The molecule has 4 aliphatic carbocycles. The average Bonchev–Trinajstić information content (AvgIpc) is 2.86. The second-order valence-electron chi connectivity index (χ2n) is 8.40. The van der Waals surface area contributed by atoms with Crippen molar-refractivity contribution in [1.82, 2.24) is 0 Å². The number of hydrogen-bond acceptors (Lipinski definition) is 4. The Morgan fingerprint density at radius 3 is 2.88 bits per heavy atom. The maximum Gasteiger partial charge on any atom is 0.303 e. The van der Waals surface area contributed by atoms with Crippen LogP contribution in [0.1, 0.15) is 58.8 Å². The van der Waals surface area contributed by atoms with Crippen molar-refractivity contribution in [2.24, 2.45) is 17.3 Å². The van der Waals surface area contributed by atoms with Crippen LogP contribution in [0.3, 0.4) is 0 Å². The van der Waals surface area contributed by atoms with Gasteiger partial charge in [0.2, 0.25) is 0 Å². The third-order valence-electron chi connectivity index (χ3n) is 7.23. The number of fused-ring (bicyclic) bond motifs is 4. The topological polar surface area (TPSA) is 67.2 Å². The van der Waals surface area contributed by atoms with E-state index < -0.39 is 5.60 Å². The molecule has 0 saturated heterocycles. The molecule has 0 spiro atoms. The summed E-state index contributed by atoms with van der Waals surface area (Å²) in [6.07, 6.45) is 11.6. The number of nitriles is 1. The lowest BCUT2D eigenvalue weighted by molar-refractivity contribution is -0.167. The zero-order valence-electron chi connectivity index (χ0n) is 15.5. The first kappa shape index (κ1) is 17.3.